The van der Waals surface area contributed by atoms with E-state index in [2.05, 4.69) is 9.97 Å². The van der Waals surface area contributed by atoms with E-state index in [1.807, 2.05) is 36.4 Å². The number of carbonyl (C=O) groups is 2. The molecule has 4 aromatic rings. The highest BCUT2D eigenvalue weighted by atomic mass is 32.1. The minimum atomic E-state index is -1.07. The number of hydrogen-bond donors (Lipinski definition) is 0. The number of ketones is 1. The molecule has 1 atom stereocenters. The minimum absolute atomic E-state index is 0.290. The molecule has 2 aromatic carbocycles. The molecule has 0 aliphatic rings. The van der Waals surface area contributed by atoms with Gasteiger partial charge in [-0.15, -0.1) is 11.3 Å². The van der Waals surface area contributed by atoms with Gasteiger partial charge in [0.2, 0.25) is 0 Å². The van der Waals surface area contributed by atoms with Crippen LogP contribution in [-0.4, -0.2) is 35.4 Å². The maximum atomic E-state index is 13.0. The van der Waals surface area contributed by atoms with Gasteiger partial charge in [0, 0.05) is 22.0 Å². The molecule has 0 aliphatic heterocycles. The van der Waals surface area contributed by atoms with Gasteiger partial charge in [0.05, 0.1) is 30.0 Å². The Kier molecular flexibility index (Phi) is 6.43. The van der Waals surface area contributed by atoms with Crippen LogP contribution in [0.25, 0.3) is 22.2 Å². The highest BCUT2D eigenvalue weighted by Crippen LogP contribution is 2.27. The lowest BCUT2D eigenvalue weighted by molar-refractivity contribution is -0.122. The number of thiazole rings is 1. The molecule has 7 nitrogen and oxygen atoms in total. The molecule has 2 heterocycles. The number of benzene rings is 2. The number of carbonyl (C=O) groups excluding carboxylic acids is 2. The number of rotatable bonds is 7. The lowest BCUT2D eigenvalue weighted by atomic mass is 10.0. The summed E-state index contributed by atoms with van der Waals surface area (Å²) >= 11 is 1.23. The van der Waals surface area contributed by atoms with Crippen LogP contribution in [0.1, 0.15) is 27.0 Å². The predicted molar refractivity (Wildman–Crippen MR) is 124 cm³/mol. The Balaban J connectivity index is 1.60. The average Bonchev–Trinajstić information content (AvgIpc) is 3.28. The minimum Gasteiger partial charge on any atom is -0.497 e. The lowest BCUT2D eigenvalue weighted by Gasteiger charge is -2.11. The van der Waals surface area contributed by atoms with E-state index in [0.717, 1.165) is 11.3 Å². The lowest BCUT2D eigenvalue weighted by Crippen LogP contribution is -2.20. The van der Waals surface area contributed by atoms with Crippen molar-refractivity contribution in [1.29, 1.82) is 5.26 Å². The van der Waals surface area contributed by atoms with Crippen molar-refractivity contribution in [3.05, 3.63) is 76.2 Å². The van der Waals surface area contributed by atoms with Crippen LogP contribution in [0.4, 0.5) is 0 Å². The van der Waals surface area contributed by atoms with Gasteiger partial charge in [0.25, 0.3) is 0 Å². The molecule has 2 aromatic heterocycles. The summed E-state index contributed by atoms with van der Waals surface area (Å²) in [6.07, 6.45) is 0. The topological polar surface area (TPSA) is 102 Å². The molecule has 0 bridgehead atoms. The van der Waals surface area contributed by atoms with Gasteiger partial charge in [-0.3, -0.25) is 4.79 Å². The van der Waals surface area contributed by atoms with Crippen molar-refractivity contribution in [1.82, 2.24) is 9.97 Å². The van der Waals surface area contributed by atoms with Crippen molar-refractivity contribution in [3.63, 3.8) is 0 Å². The summed E-state index contributed by atoms with van der Waals surface area (Å²) in [5.74, 6) is -1.54. The standard InChI is InChI=1S/C25H19N3O4S/c1-15-14-33-24(27-15)20(12-26)23(29)13-32-25(30)19-11-22(16-7-9-17(31-2)10-8-16)28-21-6-4-3-5-18(19)21/h3-11,14,20H,13H2,1-2H3. The number of Topliss-reactive ketones (excluding diaryl/α,β-unsaturated/α-hetero) is 1. The number of aryl methyl sites for hydroxylation is 1. The molecule has 0 N–H and O–H groups in total. The quantitative estimate of drug-likeness (QED) is 0.370. The Morgan fingerprint density at radius 1 is 1.12 bits per heavy atom. The third-order valence-corrected chi connectivity index (χ3v) is 6.03. The van der Waals surface area contributed by atoms with Gasteiger partial charge in [-0.05, 0) is 43.3 Å². The Morgan fingerprint density at radius 3 is 2.55 bits per heavy atom. The summed E-state index contributed by atoms with van der Waals surface area (Å²) in [5, 5.41) is 12.2. The van der Waals surface area contributed by atoms with Crippen molar-refractivity contribution in [3.8, 4) is 23.1 Å². The van der Waals surface area contributed by atoms with E-state index in [1.165, 1.54) is 11.3 Å². The molecule has 0 spiro atoms. The SMILES string of the molecule is COc1ccc(-c2cc(C(=O)OCC(=O)C(C#N)c3nc(C)cs3)c3ccccc3n2)cc1. The monoisotopic (exact) mass is 457 g/mol. The number of methoxy groups -OCH3 is 1. The highest BCUT2D eigenvalue weighted by molar-refractivity contribution is 7.09. The second-order valence-corrected chi connectivity index (χ2v) is 8.12. The Morgan fingerprint density at radius 2 is 1.88 bits per heavy atom. The first-order chi connectivity index (χ1) is 16.0. The Bertz CT molecular complexity index is 1370. The number of nitrogens with zero attached hydrogens (tertiary/aromatic N) is 3. The molecule has 0 fully saturated rings. The Hall–Kier alpha value is -4.09. The van der Waals surface area contributed by atoms with Crippen LogP contribution in [0.2, 0.25) is 0 Å². The van der Waals surface area contributed by atoms with Gasteiger partial charge < -0.3 is 9.47 Å². The number of aromatic nitrogens is 2. The predicted octanol–water partition coefficient (Wildman–Crippen LogP) is 4.71. The molecule has 1 unspecified atom stereocenters. The van der Waals surface area contributed by atoms with E-state index in [4.69, 9.17) is 9.47 Å². The summed E-state index contributed by atoms with van der Waals surface area (Å²) < 4.78 is 10.5. The third-order valence-electron chi connectivity index (χ3n) is 5.00. The Labute approximate surface area is 194 Å². The van der Waals surface area contributed by atoms with Crippen molar-refractivity contribution < 1.29 is 19.1 Å². The summed E-state index contributed by atoms with van der Waals surface area (Å²) in [6.45, 7) is 1.26. The van der Waals surface area contributed by atoms with Crippen molar-refractivity contribution in [2.24, 2.45) is 0 Å². The molecule has 0 radical (unpaired) electrons. The fraction of sp³-hybridized carbons (Fsp3) is 0.160. The van der Waals surface area contributed by atoms with E-state index in [1.54, 1.807) is 43.7 Å². The van der Waals surface area contributed by atoms with Gasteiger partial charge in [-0.2, -0.15) is 5.26 Å². The second kappa shape index (κ2) is 9.59. The molecule has 8 heteroatoms. The van der Waals surface area contributed by atoms with E-state index in [-0.39, 0.29) is 5.56 Å². The summed E-state index contributed by atoms with van der Waals surface area (Å²) in [6, 6.07) is 18.1. The van der Waals surface area contributed by atoms with Crippen LogP contribution >= 0.6 is 11.3 Å². The molecule has 0 saturated carbocycles. The number of ether oxygens (including phenoxy) is 2. The molecule has 0 saturated heterocycles. The summed E-state index contributed by atoms with van der Waals surface area (Å²) in [7, 11) is 1.59. The van der Waals surface area contributed by atoms with E-state index in [9.17, 15) is 14.9 Å². The first-order valence-corrected chi connectivity index (χ1v) is 10.9. The molecule has 33 heavy (non-hydrogen) atoms. The number of nitriles is 1. The maximum Gasteiger partial charge on any atom is 0.339 e. The fourth-order valence-electron chi connectivity index (χ4n) is 3.32. The second-order valence-electron chi connectivity index (χ2n) is 7.23. The van der Waals surface area contributed by atoms with Crippen LogP contribution in [-0.2, 0) is 9.53 Å². The number of para-hydroxylation sites is 1. The number of pyridine rings is 1. The van der Waals surface area contributed by atoms with Gasteiger partial charge in [0.1, 0.15) is 10.8 Å². The number of hydrogen-bond acceptors (Lipinski definition) is 8. The first kappa shape index (κ1) is 22.1. The normalized spacial score (nSPS) is 11.5. The maximum absolute atomic E-state index is 13.0. The molecular formula is C25H19N3O4S. The van der Waals surface area contributed by atoms with Gasteiger partial charge >= 0.3 is 5.97 Å². The van der Waals surface area contributed by atoms with Gasteiger partial charge in [-0.25, -0.2) is 14.8 Å². The number of esters is 1. The molecule has 0 aliphatic carbocycles. The largest absolute Gasteiger partial charge is 0.497 e. The zero-order valence-electron chi connectivity index (χ0n) is 17.9. The molecule has 0 amide bonds. The average molecular weight is 458 g/mol. The van der Waals surface area contributed by atoms with Crippen LogP contribution < -0.4 is 4.74 Å². The van der Waals surface area contributed by atoms with E-state index < -0.39 is 24.3 Å². The zero-order valence-corrected chi connectivity index (χ0v) is 18.8. The van der Waals surface area contributed by atoms with Crippen LogP contribution in [0, 0.1) is 18.3 Å². The van der Waals surface area contributed by atoms with Crippen LogP contribution in [0.5, 0.6) is 5.75 Å². The number of fused-ring (bicyclic) bond motifs is 1. The highest BCUT2D eigenvalue weighted by Gasteiger charge is 2.25. The van der Waals surface area contributed by atoms with Crippen molar-refractivity contribution in [2.45, 2.75) is 12.8 Å². The zero-order chi connectivity index (χ0) is 23.4. The molecular weight excluding hydrogens is 438 g/mol. The van der Waals surface area contributed by atoms with Crippen LogP contribution in [0.3, 0.4) is 0 Å². The van der Waals surface area contributed by atoms with Gasteiger partial charge in [0.15, 0.2) is 18.3 Å². The smallest absolute Gasteiger partial charge is 0.339 e. The first-order valence-electron chi connectivity index (χ1n) is 10.1. The van der Waals surface area contributed by atoms with E-state index in [0.29, 0.717) is 27.4 Å². The summed E-state index contributed by atoms with van der Waals surface area (Å²) in [4.78, 5) is 34.4. The summed E-state index contributed by atoms with van der Waals surface area (Å²) in [5.41, 5.74) is 3.03. The van der Waals surface area contributed by atoms with Gasteiger partial charge in [-0.1, -0.05) is 18.2 Å². The van der Waals surface area contributed by atoms with Crippen LogP contribution in [0.15, 0.2) is 60.0 Å². The molecule has 4 rings (SSSR count). The fourth-order valence-corrected chi connectivity index (χ4v) is 4.18. The molecule has 164 valence electrons. The van der Waals surface area contributed by atoms with Crippen molar-refractivity contribution >= 4 is 34.0 Å². The van der Waals surface area contributed by atoms with E-state index >= 15 is 0 Å². The van der Waals surface area contributed by atoms with Crippen molar-refractivity contribution in [2.75, 3.05) is 13.7 Å². The third kappa shape index (κ3) is 4.73.